The molecule has 0 aliphatic rings. The van der Waals surface area contributed by atoms with Gasteiger partial charge in [0.15, 0.2) is 0 Å². The molecule has 5 heteroatoms. The maximum Gasteiger partial charge on any atom is 0.253 e. The molecular formula is C12H13N3OS. The fourth-order valence-electron chi connectivity index (χ4n) is 1.59. The van der Waals surface area contributed by atoms with Crippen molar-refractivity contribution in [1.29, 1.82) is 0 Å². The summed E-state index contributed by atoms with van der Waals surface area (Å²) < 4.78 is 0. The number of nitrogen functional groups attached to an aromatic ring is 1. The van der Waals surface area contributed by atoms with Crippen molar-refractivity contribution in [3.05, 3.63) is 45.9 Å². The Hall–Kier alpha value is -1.88. The minimum atomic E-state index is -0.144. The highest BCUT2D eigenvalue weighted by Gasteiger charge is 2.12. The first-order valence-electron chi connectivity index (χ1n) is 5.19. The van der Waals surface area contributed by atoms with Crippen molar-refractivity contribution in [1.82, 2.24) is 10.3 Å². The largest absolute Gasteiger partial charge is 0.398 e. The van der Waals surface area contributed by atoms with Gasteiger partial charge in [0.2, 0.25) is 0 Å². The zero-order valence-electron chi connectivity index (χ0n) is 9.43. The van der Waals surface area contributed by atoms with Crippen LogP contribution in [0.25, 0.3) is 0 Å². The number of thiazole rings is 1. The quantitative estimate of drug-likeness (QED) is 0.815. The molecule has 1 heterocycles. The first-order valence-corrected chi connectivity index (χ1v) is 6.07. The molecule has 88 valence electrons. The van der Waals surface area contributed by atoms with E-state index >= 15 is 0 Å². The van der Waals surface area contributed by atoms with E-state index in [2.05, 4.69) is 10.3 Å². The molecule has 0 saturated carbocycles. The molecule has 0 unspecified atom stereocenters. The van der Waals surface area contributed by atoms with Crippen LogP contribution in [0.15, 0.2) is 29.9 Å². The normalized spacial score (nSPS) is 10.2. The Kier molecular flexibility index (Phi) is 3.39. The van der Waals surface area contributed by atoms with Gasteiger partial charge in [-0.05, 0) is 18.6 Å². The molecule has 0 atom stereocenters. The lowest BCUT2D eigenvalue weighted by molar-refractivity contribution is 0.0951. The van der Waals surface area contributed by atoms with Gasteiger partial charge in [-0.2, -0.15) is 0 Å². The molecule has 0 spiro atoms. The Bertz CT molecular complexity index is 502. The van der Waals surface area contributed by atoms with Crippen molar-refractivity contribution < 1.29 is 4.79 Å². The highest BCUT2D eigenvalue weighted by atomic mass is 32.1. The first kappa shape index (κ1) is 11.6. The highest BCUT2D eigenvalue weighted by Crippen LogP contribution is 2.16. The second-order valence-corrected chi connectivity index (χ2v) is 4.66. The van der Waals surface area contributed by atoms with Gasteiger partial charge in [-0.15, -0.1) is 11.3 Å². The molecule has 0 aliphatic carbocycles. The summed E-state index contributed by atoms with van der Waals surface area (Å²) in [5.41, 5.74) is 9.48. The van der Waals surface area contributed by atoms with Crippen LogP contribution in [-0.4, -0.2) is 10.9 Å². The molecule has 0 saturated heterocycles. The van der Waals surface area contributed by atoms with E-state index < -0.39 is 0 Å². The molecular weight excluding hydrogens is 234 g/mol. The number of amides is 1. The predicted molar refractivity (Wildman–Crippen MR) is 68.9 cm³/mol. The number of benzene rings is 1. The van der Waals surface area contributed by atoms with Crippen LogP contribution in [-0.2, 0) is 6.54 Å². The third kappa shape index (κ3) is 2.62. The number of hydrogen-bond acceptors (Lipinski definition) is 4. The van der Waals surface area contributed by atoms with Gasteiger partial charge in [0.1, 0.15) is 0 Å². The summed E-state index contributed by atoms with van der Waals surface area (Å²) in [4.78, 5) is 16.9. The topological polar surface area (TPSA) is 68.0 Å². The van der Waals surface area contributed by atoms with E-state index in [0.717, 1.165) is 10.4 Å². The number of rotatable bonds is 3. The van der Waals surface area contributed by atoms with Crippen molar-refractivity contribution in [3.63, 3.8) is 0 Å². The third-order valence-electron chi connectivity index (χ3n) is 2.44. The minimum absolute atomic E-state index is 0.144. The molecule has 2 rings (SSSR count). The summed E-state index contributed by atoms with van der Waals surface area (Å²) in [6, 6.07) is 5.44. The Morgan fingerprint density at radius 2 is 2.35 bits per heavy atom. The number of carbonyl (C=O) groups is 1. The maximum absolute atomic E-state index is 12.0. The first-order chi connectivity index (χ1) is 8.18. The summed E-state index contributed by atoms with van der Waals surface area (Å²) in [7, 11) is 0. The van der Waals surface area contributed by atoms with E-state index in [9.17, 15) is 4.79 Å². The van der Waals surface area contributed by atoms with Gasteiger partial charge in [0.25, 0.3) is 5.91 Å². The number of aromatic nitrogens is 1. The summed E-state index contributed by atoms with van der Waals surface area (Å²) in [6.07, 6.45) is 1.74. The van der Waals surface area contributed by atoms with Gasteiger partial charge in [-0.1, -0.05) is 12.1 Å². The van der Waals surface area contributed by atoms with Gasteiger partial charge in [-0.25, -0.2) is 0 Å². The molecule has 0 radical (unpaired) electrons. The summed E-state index contributed by atoms with van der Waals surface area (Å²) >= 11 is 1.51. The zero-order chi connectivity index (χ0) is 12.3. The van der Waals surface area contributed by atoms with E-state index in [1.165, 1.54) is 11.3 Å². The van der Waals surface area contributed by atoms with E-state index in [0.29, 0.717) is 17.8 Å². The fraction of sp³-hybridized carbons (Fsp3) is 0.167. The number of nitrogens with one attached hydrogen (secondary N) is 1. The van der Waals surface area contributed by atoms with Crippen LogP contribution < -0.4 is 11.1 Å². The Morgan fingerprint density at radius 3 is 3.00 bits per heavy atom. The lowest BCUT2D eigenvalue weighted by atomic mass is 10.1. The monoisotopic (exact) mass is 247 g/mol. The number of nitrogens with zero attached hydrogens (tertiary/aromatic N) is 1. The van der Waals surface area contributed by atoms with Crippen LogP contribution in [0.3, 0.4) is 0 Å². The average molecular weight is 247 g/mol. The summed E-state index contributed by atoms with van der Waals surface area (Å²) in [5, 5.41) is 2.83. The lowest BCUT2D eigenvalue weighted by Gasteiger charge is -2.09. The van der Waals surface area contributed by atoms with Crippen LogP contribution >= 0.6 is 11.3 Å². The van der Waals surface area contributed by atoms with Gasteiger partial charge in [-0.3, -0.25) is 9.78 Å². The van der Waals surface area contributed by atoms with Crippen molar-refractivity contribution in [3.8, 4) is 0 Å². The third-order valence-corrected chi connectivity index (χ3v) is 3.22. The number of anilines is 1. The van der Waals surface area contributed by atoms with E-state index in [1.807, 2.05) is 19.1 Å². The van der Waals surface area contributed by atoms with Crippen molar-refractivity contribution in [2.24, 2.45) is 0 Å². The molecule has 1 aromatic carbocycles. The standard InChI is InChI=1S/C12H13N3OS/c1-8-3-2-4-10(13)11(8)12(16)15-6-9-5-14-7-17-9/h2-5,7H,6,13H2,1H3,(H,15,16). The van der Waals surface area contributed by atoms with Gasteiger partial charge < -0.3 is 11.1 Å². The number of nitrogens with two attached hydrogens (primary N) is 1. The molecule has 3 N–H and O–H groups in total. The van der Waals surface area contributed by atoms with Crippen molar-refractivity contribution in [2.75, 3.05) is 5.73 Å². The Morgan fingerprint density at radius 1 is 1.53 bits per heavy atom. The molecule has 0 fully saturated rings. The smallest absolute Gasteiger partial charge is 0.253 e. The minimum Gasteiger partial charge on any atom is -0.398 e. The lowest BCUT2D eigenvalue weighted by Crippen LogP contribution is -2.24. The molecule has 1 amide bonds. The molecule has 2 aromatic rings. The summed E-state index contributed by atoms with van der Waals surface area (Å²) in [6.45, 7) is 2.36. The second-order valence-electron chi connectivity index (χ2n) is 3.69. The van der Waals surface area contributed by atoms with E-state index in [-0.39, 0.29) is 5.91 Å². The van der Waals surface area contributed by atoms with Gasteiger partial charge in [0.05, 0.1) is 17.6 Å². The van der Waals surface area contributed by atoms with Crippen molar-refractivity contribution >= 4 is 22.9 Å². The van der Waals surface area contributed by atoms with E-state index in [4.69, 9.17) is 5.73 Å². The SMILES string of the molecule is Cc1cccc(N)c1C(=O)NCc1cncs1. The Labute approximate surface area is 103 Å². The van der Waals surface area contributed by atoms with Gasteiger partial charge >= 0.3 is 0 Å². The molecule has 4 nitrogen and oxygen atoms in total. The Balaban J connectivity index is 2.10. The van der Waals surface area contributed by atoms with Crippen LogP contribution in [0.5, 0.6) is 0 Å². The molecule has 17 heavy (non-hydrogen) atoms. The predicted octanol–water partition coefficient (Wildman–Crippen LogP) is 1.96. The summed E-state index contributed by atoms with van der Waals surface area (Å²) in [5.74, 6) is -0.144. The number of hydrogen-bond donors (Lipinski definition) is 2. The average Bonchev–Trinajstić information content (AvgIpc) is 2.79. The zero-order valence-corrected chi connectivity index (χ0v) is 10.3. The van der Waals surface area contributed by atoms with Gasteiger partial charge in [0, 0.05) is 16.8 Å². The fourth-order valence-corrected chi connectivity index (χ4v) is 2.12. The van der Waals surface area contributed by atoms with Crippen LogP contribution in [0, 0.1) is 6.92 Å². The molecule has 1 aromatic heterocycles. The molecule has 0 aliphatic heterocycles. The van der Waals surface area contributed by atoms with Crippen LogP contribution in [0.4, 0.5) is 5.69 Å². The van der Waals surface area contributed by atoms with E-state index in [1.54, 1.807) is 17.8 Å². The number of aryl methyl sites for hydroxylation is 1. The molecule has 0 bridgehead atoms. The highest BCUT2D eigenvalue weighted by molar-refractivity contribution is 7.09. The number of carbonyl (C=O) groups excluding carboxylic acids is 1. The maximum atomic E-state index is 12.0. The van der Waals surface area contributed by atoms with Crippen molar-refractivity contribution in [2.45, 2.75) is 13.5 Å². The second kappa shape index (κ2) is 4.97. The van der Waals surface area contributed by atoms with Crippen LogP contribution in [0.2, 0.25) is 0 Å². The van der Waals surface area contributed by atoms with Crippen LogP contribution in [0.1, 0.15) is 20.8 Å².